The molecule has 0 bridgehead atoms. The number of aliphatic carboxylic acids is 1. The van der Waals surface area contributed by atoms with E-state index in [9.17, 15) is 13.2 Å². The number of carboxylic acids is 1. The maximum Gasteiger partial charge on any atom is 0.319 e. The van der Waals surface area contributed by atoms with E-state index < -0.39 is 21.6 Å². The molecule has 3 aromatic carbocycles. The molecule has 144 valence electrons. The van der Waals surface area contributed by atoms with Crippen molar-refractivity contribution in [3.8, 4) is 11.1 Å². The van der Waals surface area contributed by atoms with Gasteiger partial charge in [0.05, 0.1) is 4.90 Å². The molecule has 0 aliphatic carbocycles. The number of hydrogen-bond donors (Lipinski definition) is 1. The van der Waals surface area contributed by atoms with Gasteiger partial charge in [0.1, 0.15) is 0 Å². The minimum atomic E-state index is -3.83. The van der Waals surface area contributed by atoms with Crippen LogP contribution in [0.2, 0.25) is 0 Å². The lowest BCUT2D eigenvalue weighted by Crippen LogP contribution is -2.15. The van der Waals surface area contributed by atoms with E-state index in [1.165, 1.54) is 17.7 Å². The van der Waals surface area contributed by atoms with Crippen molar-refractivity contribution in [3.05, 3.63) is 78.4 Å². The number of sulfone groups is 1. The first kappa shape index (κ1) is 19.6. The third kappa shape index (κ3) is 4.40. The first-order valence-electron chi connectivity index (χ1n) is 8.72. The minimum absolute atomic E-state index is 0.000422. The van der Waals surface area contributed by atoms with Gasteiger partial charge in [0.15, 0.2) is 15.6 Å². The summed E-state index contributed by atoms with van der Waals surface area (Å²) in [5.41, 5.74) is 5.17. The molecule has 0 saturated carbocycles. The lowest BCUT2D eigenvalue weighted by Gasteiger charge is -2.20. The van der Waals surface area contributed by atoms with Crippen LogP contribution >= 0.6 is 0 Å². The number of anilines is 2. The summed E-state index contributed by atoms with van der Waals surface area (Å²) in [5.74, 6) is -2.28. The number of rotatable bonds is 6. The Kier molecular flexibility index (Phi) is 5.51. The molecule has 0 aliphatic heterocycles. The van der Waals surface area contributed by atoms with Crippen molar-refractivity contribution >= 4 is 27.2 Å². The van der Waals surface area contributed by atoms with Gasteiger partial charge in [0, 0.05) is 18.4 Å². The predicted octanol–water partition coefficient (Wildman–Crippen LogP) is 4.29. The Morgan fingerprint density at radius 2 is 1.54 bits per heavy atom. The zero-order chi connectivity index (χ0) is 20.3. The SMILES string of the molecule is Cc1ccc(-c2cccc(N(C)c3ccc(S(=O)(=O)CC(=O)O)cc3)c2)cc1. The standard InChI is InChI=1S/C22H21NO4S/c1-16-6-8-17(9-7-16)18-4-3-5-20(14-18)23(2)19-10-12-21(13-11-19)28(26,27)15-22(24)25/h3-14H,15H2,1-2H3,(H,24,25). The van der Waals surface area contributed by atoms with Crippen molar-refractivity contribution < 1.29 is 18.3 Å². The van der Waals surface area contributed by atoms with Crippen LogP contribution in [0, 0.1) is 6.92 Å². The first-order chi connectivity index (χ1) is 13.3. The van der Waals surface area contributed by atoms with Gasteiger partial charge >= 0.3 is 5.97 Å². The van der Waals surface area contributed by atoms with Gasteiger partial charge in [-0.3, -0.25) is 4.79 Å². The molecule has 0 aliphatic rings. The van der Waals surface area contributed by atoms with E-state index in [1.54, 1.807) is 12.1 Å². The molecular formula is C22H21NO4S. The zero-order valence-corrected chi connectivity index (χ0v) is 16.5. The molecule has 0 radical (unpaired) electrons. The van der Waals surface area contributed by atoms with Crippen LogP contribution in [0.15, 0.2) is 77.7 Å². The molecule has 0 heterocycles. The van der Waals surface area contributed by atoms with Crippen molar-refractivity contribution in [2.24, 2.45) is 0 Å². The van der Waals surface area contributed by atoms with Crippen LogP contribution in [-0.4, -0.2) is 32.3 Å². The highest BCUT2D eigenvalue weighted by Crippen LogP contribution is 2.29. The van der Waals surface area contributed by atoms with Crippen LogP contribution in [-0.2, 0) is 14.6 Å². The third-order valence-electron chi connectivity index (χ3n) is 4.51. The largest absolute Gasteiger partial charge is 0.480 e. The van der Waals surface area contributed by atoms with Gasteiger partial charge in [-0.1, -0.05) is 42.0 Å². The molecule has 6 heteroatoms. The van der Waals surface area contributed by atoms with Crippen LogP contribution in [0.1, 0.15) is 5.56 Å². The number of aryl methyl sites for hydroxylation is 1. The monoisotopic (exact) mass is 395 g/mol. The van der Waals surface area contributed by atoms with E-state index in [1.807, 2.05) is 37.1 Å². The Hall–Kier alpha value is -3.12. The molecule has 3 rings (SSSR count). The fourth-order valence-corrected chi connectivity index (χ4v) is 3.95. The van der Waals surface area contributed by atoms with Gasteiger partial charge in [-0.15, -0.1) is 0 Å². The number of nitrogens with zero attached hydrogens (tertiary/aromatic N) is 1. The number of hydrogen-bond acceptors (Lipinski definition) is 4. The Morgan fingerprint density at radius 3 is 2.14 bits per heavy atom. The first-order valence-corrected chi connectivity index (χ1v) is 10.4. The fourth-order valence-electron chi connectivity index (χ4n) is 2.91. The Balaban J connectivity index is 1.86. The Bertz CT molecular complexity index is 1090. The molecule has 0 fully saturated rings. The molecule has 0 saturated heterocycles. The Morgan fingerprint density at radius 1 is 0.893 bits per heavy atom. The molecule has 0 atom stereocenters. The molecule has 3 aromatic rings. The Labute approximate surface area is 164 Å². The average molecular weight is 395 g/mol. The summed E-state index contributed by atoms with van der Waals surface area (Å²) in [6, 6.07) is 22.6. The van der Waals surface area contributed by atoms with E-state index in [-0.39, 0.29) is 4.90 Å². The number of carbonyl (C=O) groups is 1. The smallest absolute Gasteiger partial charge is 0.319 e. The summed E-state index contributed by atoms with van der Waals surface area (Å²) < 4.78 is 24.0. The highest BCUT2D eigenvalue weighted by molar-refractivity contribution is 7.92. The van der Waals surface area contributed by atoms with Gasteiger partial charge in [-0.2, -0.15) is 0 Å². The summed E-state index contributed by atoms with van der Waals surface area (Å²) in [6.45, 7) is 2.05. The normalized spacial score (nSPS) is 11.2. The number of benzene rings is 3. The van der Waals surface area contributed by atoms with E-state index in [2.05, 4.69) is 30.3 Å². The lowest BCUT2D eigenvalue weighted by molar-refractivity contribution is -0.134. The molecule has 0 aromatic heterocycles. The summed E-state index contributed by atoms with van der Waals surface area (Å²) >= 11 is 0. The van der Waals surface area contributed by atoms with Gasteiger partial charge in [-0.25, -0.2) is 8.42 Å². The topological polar surface area (TPSA) is 74.7 Å². The van der Waals surface area contributed by atoms with Crippen LogP contribution in [0.4, 0.5) is 11.4 Å². The fraction of sp³-hybridized carbons (Fsp3) is 0.136. The van der Waals surface area contributed by atoms with Crippen molar-refractivity contribution in [1.82, 2.24) is 0 Å². The zero-order valence-electron chi connectivity index (χ0n) is 15.7. The highest BCUT2D eigenvalue weighted by Gasteiger charge is 2.19. The molecule has 0 unspecified atom stereocenters. The second-order valence-corrected chi connectivity index (χ2v) is 8.61. The third-order valence-corrected chi connectivity index (χ3v) is 6.13. The van der Waals surface area contributed by atoms with Crippen LogP contribution in [0.5, 0.6) is 0 Å². The van der Waals surface area contributed by atoms with Crippen LogP contribution in [0.3, 0.4) is 0 Å². The summed E-state index contributed by atoms with van der Waals surface area (Å²) in [7, 11) is -1.93. The maximum absolute atomic E-state index is 12.0. The highest BCUT2D eigenvalue weighted by atomic mass is 32.2. The predicted molar refractivity (Wildman–Crippen MR) is 111 cm³/mol. The summed E-state index contributed by atoms with van der Waals surface area (Å²) in [4.78, 5) is 12.7. The summed E-state index contributed by atoms with van der Waals surface area (Å²) in [5, 5.41) is 8.75. The van der Waals surface area contributed by atoms with Crippen molar-refractivity contribution in [3.63, 3.8) is 0 Å². The second-order valence-electron chi connectivity index (χ2n) is 6.62. The van der Waals surface area contributed by atoms with Crippen molar-refractivity contribution in [2.45, 2.75) is 11.8 Å². The minimum Gasteiger partial charge on any atom is -0.480 e. The van der Waals surface area contributed by atoms with Crippen LogP contribution < -0.4 is 4.90 Å². The van der Waals surface area contributed by atoms with E-state index in [0.717, 1.165) is 22.5 Å². The second kappa shape index (κ2) is 7.86. The van der Waals surface area contributed by atoms with Gasteiger partial charge in [-0.05, 0) is 54.4 Å². The van der Waals surface area contributed by atoms with Gasteiger partial charge in [0.2, 0.25) is 0 Å². The molecular weight excluding hydrogens is 374 g/mol. The van der Waals surface area contributed by atoms with Crippen LogP contribution in [0.25, 0.3) is 11.1 Å². The molecule has 1 N–H and O–H groups in total. The lowest BCUT2D eigenvalue weighted by atomic mass is 10.0. The van der Waals surface area contributed by atoms with Gasteiger partial charge < -0.3 is 10.0 Å². The quantitative estimate of drug-likeness (QED) is 0.674. The molecule has 0 spiro atoms. The molecule has 0 amide bonds. The molecule has 5 nitrogen and oxygen atoms in total. The number of carboxylic acid groups (broad SMARTS) is 1. The summed E-state index contributed by atoms with van der Waals surface area (Å²) in [6.07, 6.45) is 0. The van der Waals surface area contributed by atoms with Crippen molar-refractivity contribution in [1.29, 1.82) is 0 Å². The molecule has 28 heavy (non-hydrogen) atoms. The van der Waals surface area contributed by atoms with Gasteiger partial charge in [0.25, 0.3) is 0 Å². The van der Waals surface area contributed by atoms with Crippen molar-refractivity contribution in [2.75, 3.05) is 17.7 Å². The average Bonchev–Trinajstić information content (AvgIpc) is 2.67. The van der Waals surface area contributed by atoms with E-state index >= 15 is 0 Å². The van der Waals surface area contributed by atoms with E-state index in [4.69, 9.17) is 5.11 Å². The maximum atomic E-state index is 12.0. The van der Waals surface area contributed by atoms with E-state index in [0.29, 0.717) is 0 Å².